The van der Waals surface area contributed by atoms with Crippen molar-refractivity contribution in [2.75, 3.05) is 5.32 Å². The molecule has 0 fully saturated rings. The van der Waals surface area contributed by atoms with E-state index in [1.54, 1.807) is 35.1 Å². The third-order valence-electron chi connectivity index (χ3n) is 4.31. The quantitative estimate of drug-likeness (QED) is 0.288. The maximum absolute atomic E-state index is 12.5. The lowest BCUT2D eigenvalue weighted by Gasteiger charge is -2.04. The summed E-state index contributed by atoms with van der Waals surface area (Å²) in [6.07, 6.45) is 3.97. The predicted molar refractivity (Wildman–Crippen MR) is 117 cm³/mol. The van der Waals surface area contributed by atoms with Gasteiger partial charge in [-0.15, -0.1) is 0 Å². The Labute approximate surface area is 195 Å². The number of carbonyl (C=O) groups excluding carboxylic acids is 1. The van der Waals surface area contributed by atoms with Crippen LogP contribution in [0.3, 0.4) is 0 Å². The van der Waals surface area contributed by atoms with Crippen LogP contribution in [0, 0.1) is 10.1 Å². The molecule has 10 nitrogen and oxygen atoms in total. The number of benzene rings is 1. The second-order valence-corrected chi connectivity index (χ2v) is 7.87. The van der Waals surface area contributed by atoms with Crippen LogP contribution in [0.1, 0.15) is 21.9 Å². The van der Waals surface area contributed by atoms with Crippen LogP contribution in [0.2, 0.25) is 15.1 Å². The first-order chi connectivity index (χ1) is 15.3. The number of carbonyl (C=O) groups is 1. The summed E-state index contributed by atoms with van der Waals surface area (Å²) in [4.78, 5) is 22.7. The molecular formula is C19H13Cl3N6O4. The van der Waals surface area contributed by atoms with Gasteiger partial charge in [-0.2, -0.15) is 10.2 Å². The van der Waals surface area contributed by atoms with Crippen LogP contribution in [-0.4, -0.2) is 30.4 Å². The molecule has 0 aliphatic carbocycles. The fourth-order valence-electron chi connectivity index (χ4n) is 2.83. The molecule has 0 spiro atoms. The lowest BCUT2D eigenvalue weighted by Crippen LogP contribution is -2.12. The number of anilines is 1. The van der Waals surface area contributed by atoms with Gasteiger partial charge in [0.1, 0.15) is 23.2 Å². The monoisotopic (exact) mass is 494 g/mol. The van der Waals surface area contributed by atoms with E-state index in [1.807, 2.05) is 0 Å². The Bertz CT molecular complexity index is 1310. The van der Waals surface area contributed by atoms with Crippen molar-refractivity contribution in [1.82, 2.24) is 19.6 Å². The third-order valence-corrected chi connectivity index (χ3v) is 5.33. The number of rotatable bonds is 7. The minimum atomic E-state index is -0.551. The summed E-state index contributed by atoms with van der Waals surface area (Å²) in [6, 6.07) is 8.26. The van der Waals surface area contributed by atoms with Gasteiger partial charge in [0.2, 0.25) is 0 Å². The Morgan fingerprint density at radius 2 is 1.88 bits per heavy atom. The molecule has 32 heavy (non-hydrogen) atoms. The van der Waals surface area contributed by atoms with E-state index < -0.39 is 10.8 Å². The molecule has 0 saturated heterocycles. The zero-order valence-corrected chi connectivity index (χ0v) is 18.3. The molecule has 0 atom stereocenters. The van der Waals surface area contributed by atoms with E-state index >= 15 is 0 Å². The molecule has 4 aromatic rings. The number of hydrogen-bond acceptors (Lipinski definition) is 6. The fourth-order valence-corrected chi connectivity index (χ4v) is 3.35. The Hall–Kier alpha value is -3.34. The van der Waals surface area contributed by atoms with Crippen molar-refractivity contribution < 1.29 is 14.1 Å². The molecule has 13 heteroatoms. The highest BCUT2D eigenvalue weighted by molar-refractivity contribution is 6.42. The van der Waals surface area contributed by atoms with Crippen LogP contribution in [0.4, 0.5) is 11.5 Å². The van der Waals surface area contributed by atoms with Gasteiger partial charge in [0.05, 0.1) is 28.1 Å². The van der Waals surface area contributed by atoms with Crippen LogP contribution in [0.15, 0.2) is 53.3 Å². The molecule has 3 heterocycles. The average molecular weight is 496 g/mol. The van der Waals surface area contributed by atoms with Gasteiger partial charge in [-0.25, -0.2) is 0 Å². The Kier molecular flexibility index (Phi) is 6.17. The normalized spacial score (nSPS) is 11.0. The van der Waals surface area contributed by atoms with Gasteiger partial charge in [-0.1, -0.05) is 40.9 Å². The maximum Gasteiger partial charge on any atom is 0.307 e. The topological polar surface area (TPSA) is 121 Å². The van der Waals surface area contributed by atoms with E-state index in [0.717, 1.165) is 11.8 Å². The molecule has 0 unspecified atom stereocenters. The predicted octanol–water partition coefficient (Wildman–Crippen LogP) is 4.89. The summed E-state index contributed by atoms with van der Waals surface area (Å²) < 4.78 is 8.40. The summed E-state index contributed by atoms with van der Waals surface area (Å²) in [7, 11) is 0. The Morgan fingerprint density at radius 1 is 1.06 bits per heavy atom. The van der Waals surface area contributed by atoms with Gasteiger partial charge >= 0.3 is 5.69 Å². The fraction of sp³-hybridized carbons (Fsp3) is 0.105. The summed E-state index contributed by atoms with van der Waals surface area (Å²) in [5, 5.41) is 22.6. The van der Waals surface area contributed by atoms with Gasteiger partial charge in [-0.05, 0) is 29.8 Å². The number of nitrogens with one attached hydrogen (secondary N) is 1. The van der Waals surface area contributed by atoms with Gasteiger partial charge in [-0.3, -0.25) is 24.3 Å². The lowest BCUT2D eigenvalue weighted by molar-refractivity contribution is -0.385. The van der Waals surface area contributed by atoms with E-state index in [0.29, 0.717) is 22.4 Å². The number of aromatic nitrogens is 4. The largest absolute Gasteiger partial charge is 0.454 e. The molecular weight excluding hydrogens is 483 g/mol. The van der Waals surface area contributed by atoms with E-state index in [2.05, 4.69) is 15.5 Å². The molecule has 0 saturated carbocycles. The number of furan rings is 1. The van der Waals surface area contributed by atoms with Crippen LogP contribution >= 0.6 is 34.8 Å². The highest BCUT2D eigenvalue weighted by Gasteiger charge is 2.17. The first kappa shape index (κ1) is 21.9. The van der Waals surface area contributed by atoms with E-state index in [-0.39, 0.29) is 28.8 Å². The first-order valence-corrected chi connectivity index (χ1v) is 10.2. The molecule has 0 radical (unpaired) electrons. The maximum atomic E-state index is 12.5. The minimum Gasteiger partial charge on any atom is -0.454 e. The molecule has 1 N–H and O–H groups in total. The van der Waals surface area contributed by atoms with Crippen molar-refractivity contribution in [3.8, 4) is 0 Å². The van der Waals surface area contributed by atoms with Gasteiger partial charge in [0, 0.05) is 6.20 Å². The second-order valence-electron chi connectivity index (χ2n) is 6.64. The zero-order chi connectivity index (χ0) is 22.8. The zero-order valence-electron chi connectivity index (χ0n) is 16.0. The molecule has 4 rings (SSSR count). The number of halogens is 3. The number of hydrogen-bond donors (Lipinski definition) is 1. The molecule has 0 aliphatic rings. The average Bonchev–Trinajstić information content (AvgIpc) is 3.46. The molecule has 1 amide bonds. The Morgan fingerprint density at radius 3 is 2.59 bits per heavy atom. The lowest BCUT2D eigenvalue weighted by atomic mass is 10.2. The van der Waals surface area contributed by atoms with Crippen LogP contribution in [0.25, 0.3) is 0 Å². The molecule has 3 aromatic heterocycles. The van der Waals surface area contributed by atoms with Crippen LogP contribution in [0.5, 0.6) is 0 Å². The van der Waals surface area contributed by atoms with Crippen molar-refractivity contribution in [2.24, 2.45) is 0 Å². The van der Waals surface area contributed by atoms with Gasteiger partial charge < -0.3 is 9.73 Å². The minimum absolute atomic E-state index is 0.0248. The van der Waals surface area contributed by atoms with Crippen molar-refractivity contribution in [3.63, 3.8) is 0 Å². The molecule has 0 bridgehead atoms. The summed E-state index contributed by atoms with van der Waals surface area (Å²) in [5.41, 5.74) is 0.714. The van der Waals surface area contributed by atoms with Crippen LogP contribution in [-0.2, 0) is 13.1 Å². The van der Waals surface area contributed by atoms with Crippen molar-refractivity contribution in [3.05, 3.63) is 91.2 Å². The van der Waals surface area contributed by atoms with Crippen molar-refractivity contribution >= 4 is 52.2 Å². The smallest absolute Gasteiger partial charge is 0.307 e. The van der Waals surface area contributed by atoms with Crippen molar-refractivity contribution in [2.45, 2.75) is 13.1 Å². The summed E-state index contributed by atoms with van der Waals surface area (Å²) in [5.74, 6) is 0.0305. The van der Waals surface area contributed by atoms with E-state index in [1.165, 1.54) is 16.9 Å². The summed E-state index contributed by atoms with van der Waals surface area (Å²) >= 11 is 18.2. The first-order valence-electron chi connectivity index (χ1n) is 9.02. The van der Waals surface area contributed by atoms with Crippen molar-refractivity contribution in [1.29, 1.82) is 0 Å². The highest BCUT2D eigenvalue weighted by atomic mass is 35.5. The molecule has 0 aliphatic heterocycles. The number of amides is 1. The Balaban J connectivity index is 1.41. The SMILES string of the molecule is O=C(Nc1nn(Cc2ccc(Cl)c(Cl)c2)cc1Cl)c1ccc(Cn2cc([N+](=O)[O-])cn2)o1. The number of nitrogens with zero attached hydrogens (tertiary/aromatic N) is 5. The standard InChI is InChI=1S/C19H13Cl3N6O4/c20-14-3-1-11(5-15(14)21)7-27-10-16(22)18(25-27)24-19(29)17-4-2-13(32-17)9-26-8-12(6-23-26)28(30)31/h1-6,8,10H,7,9H2,(H,24,25,29). The van der Waals surface area contributed by atoms with Gasteiger partial charge in [0.25, 0.3) is 5.91 Å². The van der Waals surface area contributed by atoms with Gasteiger partial charge in [0.15, 0.2) is 11.6 Å². The number of nitro groups is 1. The third kappa shape index (κ3) is 4.93. The van der Waals surface area contributed by atoms with Crippen LogP contribution < -0.4 is 5.32 Å². The van der Waals surface area contributed by atoms with E-state index in [4.69, 9.17) is 39.2 Å². The summed E-state index contributed by atoms with van der Waals surface area (Å²) in [6.45, 7) is 0.494. The molecule has 164 valence electrons. The molecule has 1 aromatic carbocycles. The van der Waals surface area contributed by atoms with E-state index in [9.17, 15) is 14.9 Å². The highest BCUT2D eigenvalue weighted by Crippen LogP contribution is 2.25. The second kappa shape index (κ2) is 9.03.